The highest BCUT2D eigenvalue weighted by molar-refractivity contribution is 6.31. The molecule has 3 aromatic rings. The topological polar surface area (TPSA) is 78.2 Å². The van der Waals surface area contributed by atoms with E-state index in [0.29, 0.717) is 5.56 Å². The second-order valence-electron chi connectivity index (χ2n) is 6.51. The van der Waals surface area contributed by atoms with Crippen LogP contribution in [0.25, 0.3) is 11.0 Å². The van der Waals surface area contributed by atoms with Gasteiger partial charge in [-0.1, -0.05) is 29.8 Å². The number of imidazole rings is 1. The normalized spacial score (nSPS) is 15.5. The zero-order valence-corrected chi connectivity index (χ0v) is 15.0. The van der Waals surface area contributed by atoms with E-state index in [1.165, 1.54) is 0 Å². The maximum atomic E-state index is 11.3. The number of hydrogen-bond acceptors (Lipinski definition) is 4. The van der Waals surface area contributed by atoms with E-state index in [4.69, 9.17) is 17.3 Å². The Morgan fingerprint density at radius 3 is 2.65 bits per heavy atom. The van der Waals surface area contributed by atoms with Gasteiger partial charge in [-0.15, -0.1) is 0 Å². The molecule has 0 bridgehead atoms. The molecule has 0 atom stereocenters. The first-order valence-corrected chi connectivity index (χ1v) is 8.98. The number of anilines is 1. The summed E-state index contributed by atoms with van der Waals surface area (Å²) in [5.41, 5.74) is 8.65. The third-order valence-corrected chi connectivity index (χ3v) is 5.15. The van der Waals surface area contributed by atoms with E-state index in [-0.39, 0.29) is 0 Å². The number of carbonyl (C=O) groups excluding carboxylic acids is 1. The maximum Gasteiger partial charge on any atom is 0.248 e. The van der Waals surface area contributed by atoms with Gasteiger partial charge in [0.2, 0.25) is 11.9 Å². The van der Waals surface area contributed by atoms with Gasteiger partial charge in [-0.25, -0.2) is 4.98 Å². The Morgan fingerprint density at radius 2 is 1.92 bits per heavy atom. The largest absolute Gasteiger partial charge is 0.366 e. The van der Waals surface area contributed by atoms with Gasteiger partial charge in [-0.2, -0.15) is 0 Å². The number of primary amides is 1. The Kier molecular flexibility index (Phi) is 4.53. The average Bonchev–Trinajstić information content (AvgIpc) is 3.07. The Labute approximate surface area is 156 Å². The first kappa shape index (κ1) is 16.9. The lowest BCUT2D eigenvalue weighted by atomic mass is 10.2. The van der Waals surface area contributed by atoms with Gasteiger partial charge in [0.1, 0.15) is 0 Å². The van der Waals surface area contributed by atoms with E-state index in [0.717, 1.165) is 60.3 Å². The molecule has 1 fully saturated rings. The number of benzene rings is 2. The fourth-order valence-corrected chi connectivity index (χ4v) is 3.48. The number of halogens is 1. The van der Waals surface area contributed by atoms with Crippen molar-refractivity contribution >= 4 is 34.5 Å². The predicted molar refractivity (Wildman–Crippen MR) is 104 cm³/mol. The zero-order valence-electron chi connectivity index (χ0n) is 14.3. The fraction of sp³-hybridized carbons (Fsp3) is 0.263. The van der Waals surface area contributed by atoms with Gasteiger partial charge in [-0.3, -0.25) is 9.69 Å². The standard InChI is InChI=1S/C19H20ClN5O/c20-15-4-2-1-3-14(15)12-24-7-9-25(10-8-24)19-22-16-6-5-13(18(21)26)11-17(16)23-19/h1-6,11H,7-10,12H2,(H2,21,26)(H,22,23). The maximum absolute atomic E-state index is 11.3. The summed E-state index contributed by atoms with van der Waals surface area (Å²) in [6, 6.07) is 13.3. The lowest BCUT2D eigenvalue weighted by Crippen LogP contribution is -2.46. The molecular formula is C19H20ClN5O. The number of nitrogens with one attached hydrogen (secondary N) is 1. The summed E-state index contributed by atoms with van der Waals surface area (Å²) in [6.07, 6.45) is 0. The molecule has 1 aromatic heterocycles. The predicted octanol–water partition coefficient (Wildman–Crippen LogP) is 2.64. The molecule has 1 amide bonds. The molecule has 7 heteroatoms. The number of aromatic nitrogens is 2. The number of amides is 1. The van der Waals surface area contributed by atoms with E-state index >= 15 is 0 Å². The van der Waals surface area contributed by atoms with E-state index in [2.05, 4.69) is 25.8 Å². The van der Waals surface area contributed by atoms with Crippen LogP contribution in [0.3, 0.4) is 0 Å². The van der Waals surface area contributed by atoms with Gasteiger partial charge in [0, 0.05) is 43.3 Å². The van der Waals surface area contributed by atoms with Gasteiger partial charge >= 0.3 is 0 Å². The monoisotopic (exact) mass is 369 g/mol. The summed E-state index contributed by atoms with van der Waals surface area (Å²) in [5.74, 6) is 0.398. The number of rotatable bonds is 4. The summed E-state index contributed by atoms with van der Waals surface area (Å²) < 4.78 is 0. The van der Waals surface area contributed by atoms with E-state index < -0.39 is 5.91 Å². The highest BCUT2D eigenvalue weighted by atomic mass is 35.5. The molecule has 0 spiro atoms. The molecule has 1 aliphatic heterocycles. The van der Waals surface area contributed by atoms with Crippen molar-refractivity contribution in [2.24, 2.45) is 5.73 Å². The number of carbonyl (C=O) groups is 1. The third-order valence-electron chi connectivity index (χ3n) is 4.78. The number of hydrogen-bond donors (Lipinski definition) is 2. The van der Waals surface area contributed by atoms with Crippen molar-refractivity contribution in [1.29, 1.82) is 0 Å². The van der Waals surface area contributed by atoms with Crippen LogP contribution in [0.15, 0.2) is 42.5 Å². The molecule has 2 heterocycles. The van der Waals surface area contributed by atoms with Crippen molar-refractivity contribution < 1.29 is 4.79 Å². The van der Waals surface area contributed by atoms with E-state index in [9.17, 15) is 4.79 Å². The van der Waals surface area contributed by atoms with Crippen molar-refractivity contribution in [2.45, 2.75) is 6.54 Å². The second-order valence-corrected chi connectivity index (χ2v) is 6.92. The summed E-state index contributed by atoms with van der Waals surface area (Å²) in [6.45, 7) is 4.50. The molecule has 134 valence electrons. The molecule has 26 heavy (non-hydrogen) atoms. The van der Waals surface area contributed by atoms with Crippen LogP contribution in [-0.2, 0) is 6.54 Å². The Hall–Kier alpha value is -2.57. The Balaban J connectivity index is 1.44. The van der Waals surface area contributed by atoms with Crippen molar-refractivity contribution in [3.05, 3.63) is 58.6 Å². The van der Waals surface area contributed by atoms with Gasteiger partial charge in [0.15, 0.2) is 0 Å². The average molecular weight is 370 g/mol. The van der Waals surface area contributed by atoms with E-state index in [1.54, 1.807) is 12.1 Å². The van der Waals surface area contributed by atoms with Gasteiger partial charge in [-0.05, 0) is 29.8 Å². The summed E-state index contributed by atoms with van der Waals surface area (Å²) in [7, 11) is 0. The molecule has 0 saturated carbocycles. The van der Waals surface area contributed by atoms with Crippen LogP contribution in [0, 0.1) is 0 Å². The van der Waals surface area contributed by atoms with Crippen LogP contribution in [-0.4, -0.2) is 47.0 Å². The van der Waals surface area contributed by atoms with Crippen LogP contribution in [0.1, 0.15) is 15.9 Å². The highest BCUT2D eigenvalue weighted by Crippen LogP contribution is 2.22. The van der Waals surface area contributed by atoms with Crippen LogP contribution in [0.2, 0.25) is 5.02 Å². The molecule has 0 radical (unpaired) electrons. The van der Waals surface area contributed by atoms with Crippen LogP contribution in [0.4, 0.5) is 5.95 Å². The molecule has 1 aliphatic rings. The number of nitrogens with two attached hydrogens (primary N) is 1. The number of piperazine rings is 1. The third kappa shape index (κ3) is 3.38. The Morgan fingerprint density at radius 1 is 1.15 bits per heavy atom. The number of H-pyrrole nitrogens is 1. The molecule has 4 rings (SSSR count). The summed E-state index contributed by atoms with van der Waals surface area (Å²) in [5, 5.41) is 0.817. The molecule has 1 saturated heterocycles. The molecule has 2 aromatic carbocycles. The summed E-state index contributed by atoms with van der Waals surface area (Å²) >= 11 is 6.26. The fourth-order valence-electron chi connectivity index (χ4n) is 3.28. The van der Waals surface area contributed by atoms with Crippen LogP contribution >= 0.6 is 11.6 Å². The molecule has 6 nitrogen and oxygen atoms in total. The lowest BCUT2D eigenvalue weighted by Gasteiger charge is -2.34. The minimum Gasteiger partial charge on any atom is -0.366 e. The summed E-state index contributed by atoms with van der Waals surface area (Å²) in [4.78, 5) is 23.9. The quantitative estimate of drug-likeness (QED) is 0.741. The van der Waals surface area contributed by atoms with Crippen LogP contribution < -0.4 is 10.6 Å². The minimum atomic E-state index is -0.434. The number of fused-ring (bicyclic) bond motifs is 1. The molecule has 0 aliphatic carbocycles. The SMILES string of the molecule is NC(=O)c1ccc2nc(N3CCN(Cc4ccccc4Cl)CC3)[nH]c2c1. The number of aromatic amines is 1. The van der Waals surface area contributed by atoms with Gasteiger partial charge in [0.05, 0.1) is 11.0 Å². The van der Waals surface area contributed by atoms with Crippen molar-refractivity contribution in [3.63, 3.8) is 0 Å². The van der Waals surface area contributed by atoms with Gasteiger partial charge < -0.3 is 15.6 Å². The first-order chi connectivity index (χ1) is 12.6. The van der Waals surface area contributed by atoms with Gasteiger partial charge in [0.25, 0.3) is 0 Å². The van der Waals surface area contributed by atoms with Crippen LogP contribution in [0.5, 0.6) is 0 Å². The van der Waals surface area contributed by atoms with Crippen molar-refractivity contribution in [1.82, 2.24) is 14.9 Å². The molecule has 0 unspecified atom stereocenters. The minimum absolute atomic E-state index is 0.434. The number of nitrogens with zero attached hydrogens (tertiary/aromatic N) is 3. The van der Waals surface area contributed by atoms with Crippen molar-refractivity contribution in [2.75, 3.05) is 31.1 Å². The van der Waals surface area contributed by atoms with E-state index in [1.807, 2.05) is 24.3 Å². The molecular weight excluding hydrogens is 350 g/mol. The highest BCUT2D eigenvalue weighted by Gasteiger charge is 2.20. The Bertz CT molecular complexity index is 946. The smallest absolute Gasteiger partial charge is 0.248 e. The lowest BCUT2D eigenvalue weighted by molar-refractivity contribution is 0.100. The first-order valence-electron chi connectivity index (χ1n) is 8.60. The zero-order chi connectivity index (χ0) is 18.1. The van der Waals surface area contributed by atoms with Crippen molar-refractivity contribution in [3.8, 4) is 0 Å². The second kappa shape index (κ2) is 6.97. The molecule has 3 N–H and O–H groups in total.